The molecule has 3 heterocycles. The molecule has 114 valence electrons. The van der Waals surface area contributed by atoms with E-state index in [0.29, 0.717) is 17.3 Å². The molecule has 0 saturated heterocycles. The van der Waals surface area contributed by atoms with Crippen molar-refractivity contribution in [1.29, 1.82) is 0 Å². The first-order valence-corrected chi connectivity index (χ1v) is 7.42. The molecule has 0 radical (unpaired) electrons. The number of nitrogens with zero attached hydrogens (tertiary/aromatic N) is 3. The molecule has 6 heteroatoms. The lowest BCUT2D eigenvalue weighted by Crippen LogP contribution is -2.14. The molecule has 23 heavy (non-hydrogen) atoms. The zero-order valence-electron chi connectivity index (χ0n) is 12.3. The van der Waals surface area contributed by atoms with Crippen LogP contribution in [0.1, 0.15) is 12.8 Å². The third-order valence-corrected chi connectivity index (χ3v) is 3.75. The number of oxazole rings is 1. The Bertz CT molecular complexity index is 827. The smallest absolute Gasteiger partial charge is 0.228 e. The normalized spacial score (nSPS) is 13.7. The standard InChI is InChI=1S/C17H14N4O2/c22-17(12-1-2-12)21-15-4-3-13(11-5-7-18-8-6-11)16(20-15)14-9-19-10-23-14/h3-10,12H,1-2H2,(H,20,21,22). The molecule has 0 bridgehead atoms. The van der Waals surface area contributed by atoms with E-state index in [9.17, 15) is 4.79 Å². The van der Waals surface area contributed by atoms with Crippen LogP contribution in [0, 0.1) is 5.92 Å². The molecule has 0 aliphatic heterocycles. The third-order valence-electron chi connectivity index (χ3n) is 3.75. The summed E-state index contributed by atoms with van der Waals surface area (Å²) >= 11 is 0. The Morgan fingerprint density at radius 2 is 1.96 bits per heavy atom. The van der Waals surface area contributed by atoms with Crippen LogP contribution in [0.5, 0.6) is 0 Å². The maximum absolute atomic E-state index is 11.9. The molecule has 1 N–H and O–H groups in total. The number of amides is 1. The second-order valence-electron chi connectivity index (χ2n) is 5.46. The second kappa shape index (κ2) is 5.64. The Morgan fingerprint density at radius 3 is 2.65 bits per heavy atom. The van der Waals surface area contributed by atoms with E-state index < -0.39 is 0 Å². The summed E-state index contributed by atoms with van der Waals surface area (Å²) in [7, 11) is 0. The molecule has 3 aromatic rings. The van der Waals surface area contributed by atoms with Crippen molar-refractivity contribution in [3.63, 3.8) is 0 Å². The fraction of sp³-hybridized carbons (Fsp3) is 0.176. The van der Waals surface area contributed by atoms with Gasteiger partial charge in [-0.25, -0.2) is 9.97 Å². The molecule has 6 nitrogen and oxygen atoms in total. The SMILES string of the molecule is O=C(Nc1ccc(-c2ccncc2)c(-c2cnco2)n1)C1CC1. The Labute approximate surface area is 132 Å². The summed E-state index contributed by atoms with van der Waals surface area (Å²) in [5, 5.41) is 2.86. The second-order valence-corrected chi connectivity index (χ2v) is 5.46. The minimum atomic E-state index is 0.0256. The molecular formula is C17H14N4O2. The van der Waals surface area contributed by atoms with Crippen molar-refractivity contribution >= 4 is 11.7 Å². The summed E-state index contributed by atoms with van der Waals surface area (Å²) in [4.78, 5) is 24.5. The van der Waals surface area contributed by atoms with Crippen LogP contribution in [-0.2, 0) is 4.79 Å². The average Bonchev–Trinajstić information content (AvgIpc) is 3.31. The summed E-state index contributed by atoms with van der Waals surface area (Å²) < 4.78 is 5.40. The molecule has 1 saturated carbocycles. The van der Waals surface area contributed by atoms with E-state index in [2.05, 4.69) is 20.3 Å². The minimum Gasteiger partial charge on any atom is -0.442 e. The number of rotatable bonds is 4. The fourth-order valence-corrected chi connectivity index (χ4v) is 2.39. The van der Waals surface area contributed by atoms with Crippen molar-refractivity contribution in [2.24, 2.45) is 5.92 Å². The van der Waals surface area contributed by atoms with Crippen LogP contribution in [0.4, 0.5) is 5.82 Å². The predicted octanol–water partition coefficient (Wildman–Crippen LogP) is 3.15. The van der Waals surface area contributed by atoms with Gasteiger partial charge in [-0.3, -0.25) is 9.78 Å². The van der Waals surface area contributed by atoms with Crippen LogP contribution in [0.3, 0.4) is 0 Å². The van der Waals surface area contributed by atoms with Gasteiger partial charge in [0.05, 0.1) is 6.20 Å². The summed E-state index contributed by atoms with van der Waals surface area (Å²) in [6.45, 7) is 0. The lowest BCUT2D eigenvalue weighted by Gasteiger charge is -2.10. The van der Waals surface area contributed by atoms with Gasteiger partial charge in [0, 0.05) is 23.9 Å². The van der Waals surface area contributed by atoms with E-state index in [4.69, 9.17) is 4.42 Å². The molecule has 0 unspecified atom stereocenters. The van der Waals surface area contributed by atoms with E-state index in [0.717, 1.165) is 24.0 Å². The Kier molecular flexibility index (Phi) is 3.34. The molecule has 1 amide bonds. The van der Waals surface area contributed by atoms with Crippen molar-refractivity contribution in [3.05, 3.63) is 49.2 Å². The van der Waals surface area contributed by atoms with Crippen LogP contribution < -0.4 is 5.32 Å². The predicted molar refractivity (Wildman–Crippen MR) is 84.3 cm³/mol. The zero-order valence-corrected chi connectivity index (χ0v) is 12.3. The van der Waals surface area contributed by atoms with Crippen molar-refractivity contribution in [2.75, 3.05) is 5.32 Å². The lowest BCUT2D eigenvalue weighted by atomic mass is 10.0. The number of pyridine rings is 2. The number of carbonyl (C=O) groups excluding carboxylic acids is 1. The van der Waals surface area contributed by atoms with Crippen molar-refractivity contribution in [1.82, 2.24) is 15.0 Å². The van der Waals surface area contributed by atoms with E-state index in [-0.39, 0.29) is 11.8 Å². The molecule has 4 rings (SSSR count). The van der Waals surface area contributed by atoms with Gasteiger partial charge in [-0.05, 0) is 42.7 Å². The van der Waals surface area contributed by atoms with E-state index >= 15 is 0 Å². The molecule has 0 atom stereocenters. The number of anilines is 1. The maximum atomic E-state index is 11.9. The van der Waals surface area contributed by atoms with Crippen molar-refractivity contribution in [2.45, 2.75) is 12.8 Å². The van der Waals surface area contributed by atoms with Crippen molar-refractivity contribution in [3.8, 4) is 22.6 Å². The summed E-state index contributed by atoms with van der Waals surface area (Å²) in [5.41, 5.74) is 2.51. The first-order chi connectivity index (χ1) is 11.3. The summed E-state index contributed by atoms with van der Waals surface area (Å²) in [5.74, 6) is 1.23. The highest BCUT2D eigenvalue weighted by Crippen LogP contribution is 2.33. The molecule has 1 aliphatic carbocycles. The van der Waals surface area contributed by atoms with Crippen LogP contribution in [0.25, 0.3) is 22.6 Å². The van der Waals surface area contributed by atoms with Gasteiger partial charge in [0.25, 0.3) is 0 Å². The van der Waals surface area contributed by atoms with Gasteiger partial charge in [0.1, 0.15) is 11.5 Å². The third kappa shape index (κ3) is 2.83. The van der Waals surface area contributed by atoms with E-state index in [1.54, 1.807) is 24.7 Å². The minimum absolute atomic E-state index is 0.0256. The Morgan fingerprint density at radius 1 is 1.13 bits per heavy atom. The first kappa shape index (κ1) is 13.6. The molecule has 1 aliphatic rings. The lowest BCUT2D eigenvalue weighted by molar-refractivity contribution is -0.117. The van der Waals surface area contributed by atoms with Gasteiger partial charge in [-0.15, -0.1) is 0 Å². The van der Waals surface area contributed by atoms with Gasteiger partial charge in [-0.1, -0.05) is 0 Å². The van der Waals surface area contributed by atoms with Gasteiger partial charge in [0.2, 0.25) is 5.91 Å². The van der Waals surface area contributed by atoms with Gasteiger partial charge in [0.15, 0.2) is 12.2 Å². The highest BCUT2D eigenvalue weighted by molar-refractivity contribution is 5.94. The van der Waals surface area contributed by atoms with Crippen LogP contribution >= 0.6 is 0 Å². The molecule has 3 aromatic heterocycles. The fourth-order valence-electron chi connectivity index (χ4n) is 2.39. The molecule has 1 fully saturated rings. The Balaban J connectivity index is 1.75. The van der Waals surface area contributed by atoms with E-state index in [1.807, 2.05) is 18.2 Å². The number of aromatic nitrogens is 3. The van der Waals surface area contributed by atoms with Crippen LogP contribution in [0.2, 0.25) is 0 Å². The number of carbonyl (C=O) groups is 1. The van der Waals surface area contributed by atoms with Crippen LogP contribution in [-0.4, -0.2) is 20.9 Å². The van der Waals surface area contributed by atoms with E-state index in [1.165, 1.54) is 6.39 Å². The summed E-state index contributed by atoms with van der Waals surface area (Å²) in [6.07, 6.45) is 8.33. The van der Waals surface area contributed by atoms with Gasteiger partial charge >= 0.3 is 0 Å². The van der Waals surface area contributed by atoms with Crippen LogP contribution in [0.15, 0.2) is 53.7 Å². The zero-order chi connectivity index (χ0) is 15.6. The molecular weight excluding hydrogens is 292 g/mol. The number of hydrogen-bond donors (Lipinski definition) is 1. The highest BCUT2D eigenvalue weighted by Gasteiger charge is 2.30. The number of nitrogens with one attached hydrogen (secondary N) is 1. The van der Waals surface area contributed by atoms with Crippen molar-refractivity contribution < 1.29 is 9.21 Å². The summed E-state index contributed by atoms with van der Waals surface area (Å²) in [6, 6.07) is 7.53. The topological polar surface area (TPSA) is 80.9 Å². The monoisotopic (exact) mass is 306 g/mol. The van der Waals surface area contributed by atoms with Gasteiger partial charge < -0.3 is 9.73 Å². The largest absolute Gasteiger partial charge is 0.442 e. The average molecular weight is 306 g/mol. The van der Waals surface area contributed by atoms with Gasteiger partial charge in [-0.2, -0.15) is 0 Å². The molecule has 0 aromatic carbocycles. The first-order valence-electron chi connectivity index (χ1n) is 7.42. The number of hydrogen-bond acceptors (Lipinski definition) is 5. The Hall–Kier alpha value is -3.02. The molecule has 0 spiro atoms. The highest BCUT2D eigenvalue weighted by atomic mass is 16.3. The quantitative estimate of drug-likeness (QED) is 0.800. The maximum Gasteiger partial charge on any atom is 0.228 e.